The highest BCUT2D eigenvalue weighted by molar-refractivity contribution is 5.94. The molecule has 1 aromatic rings. The number of nitrogens with zero attached hydrogens (tertiary/aromatic N) is 2. The van der Waals surface area contributed by atoms with Crippen LogP contribution in [-0.4, -0.2) is 47.4 Å². The Morgan fingerprint density at radius 1 is 1.20 bits per heavy atom. The molecule has 3 heteroatoms. The fraction of sp³-hybridized carbons (Fsp3) is 0.588. The molecule has 1 heterocycles. The fourth-order valence-corrected chi connectivity index (χ4v) is 2.91. The van der Waals surface area contributed by atoms with Crippen LogP contribution in [0.1, 0.15) is 38.1 Å². The summed E-state index contributed by atoms with van der Waals surface area (Å²) in [7, 11) is 0. The Morgan fingerprint density at radius 2 is 1.85 bits per heavy atom. The molecule has 0 unspecified atom stereocenters. The van der Waals surface area contributed by atoms with Crippen LogP contribution in [0.3, 0.4) is 0 Å². The zero-order valence-corrected chi connectivity index (χ0v) is 13.1. The number of rotatable bonds is 3. The van der Waals surface area contributed by atoms with E-state index in [-0.39, 0.29) is 11.4 Å². The predicted octanol–water partition coefficient (Wildman–Crippen LogP) is 2.88. The second kappa shape index (κ2) is 5.96. The second-order valence-corrected chi connectivity index (χ2v) is 6.75. The van der Waals surface area contributed by atoms with Crippen LogP contribution in [0, 0.1) is 5.92 Å². The minimum atomic E-state index is 0.0486. The number of carbonyl (C=O) groups is 1. The molecule has 0 radical (unpaired) electrons. The van der Waals surface area contributed by atoms with Crippen LogP contribution < -0.4 is 0 Å². The number of hydrogen-bond acceptors (Lipinski definition) is 2. The van der Waals surface area contributed by atoms with E-state index in [0.29, 0.717) is 5.92 Å². The van der Waals surface area contributed by atoms with Gasteiger partial charge in [0.2, 0.25) is 0 Å². The van der Waals surface area contributed by atoms with Crippen molar-refractivity contribution in [2.75, 3.05) is 26.2 Å². The molecule has 20 heavy (non-hydrogen) atoms. The predicted molar refractivity (Wildman–Crippen MR) is 82.8 cm³/mol. The largest absolute Gasteiger partial charge is 0.336 e. The lowest BCUT2D eigenvalue weighted by atomic mass is 9.96. The smallest absolute Gasteiger partial charge is 0.253 e. The summed E-state index contributed by atoms with van der Waals surface area (Å²) in [6.45, 7) is 12.6. The molecule has 2 rings (SSSR count). The molecular formula is C17H26N2O. The van der Waals surface area contributed by atoms with Gasteiger partial charge in [0.15, 0.2) is 0 Å². The first-order valence-electron chi connectivity index (χ1n) is 7.49. The molecule has 1 aromatic carbocycles. The number of amides is 1. The Hall–Kier alpha value is -1.35. The van der Waals surface area contributed by atoms with E-state index < -0.39 is 0 Å². The van der Waals surface area contributed by atoms with Crippen molar-refractivity contribution in [1.29, 1.82) is 0 Å². The first-order valence-corrected chi connectivity index (χ1v) is 7.49. The molecule has 1 aliphatic heterocycles. The molecule has 1 aliphatic rings. The first kappa shape index (κ1) is 15.0. The monoisotopic (exact) mass is 274 g/mol. The SMILES string of the molecule is CC(C)CN1CCN(C(=O)c2ccccc2)CC1(C)C. The molecule has 0 saturated carbocycles. The number of carbonyl (C=O) groups excluding carboxylic acids is 1. The number of benzene rings is 1. The summed E-state index contributed by atoms with van der Waals surface area (Å²) in [4.78, 5) is 17.0. The van der Waals surface area contributed by atoms with Crippen molar-refractivity contribution in [2.24, 2.45) is 5.92 Å². The van der Waals surface area contributed by atoms with E-state index in [1.165, 1.54) is 0 Å². The summed E-state index contributed by atoms with van der Waals surface area (Å²) in [5.74, 6) is 0.813. The molecule has 0 N–H and O–H groups in total. The van der Waals surface area contributed by atoms with Crippen molar-refractivity contribution < 1.29 is 4.79 Å². The lowest BCUT2D eigenvalue weighted by Gasteiger charge is -2.47. The van der Waals surface area contributed by atoms with Gasteiger partial charge in [0.05, 0.1) is 0 Å². The van der Waals surface area contributed by atoms with Crippen LogP contribution in [0.5, 0.6) is 0 Å². The lowest BCUT2D eigenvalue weighted by molar-refractivity contribution is 0.0127. The van der Waals surface area contributed by atoms with E-state index in [4.69, 9.17) is 0 Å². The second-order valence-electron chi connectivity index (χ2n) is 6.75. The summed E-state index contributed by atoms with van der Waals surface area (Å²) in [6.07, 6.45) is 0. The highest BCUT2D eigenvalue weighted by Gasteiger charge is 2.35. The van der Waals surface area contributed by atoms with E-state index in [1.54, 1.807) is 0 Å². The van der Waals surface area contributed by atoms with Gasteiger partial charge in [-0.05, 0) is 31.9 Å². The van der Waals surface area contributed by atoms with Crippen LogP contribution in [0.2, 0.25) is 0 Å². The van der Waals surface area contributed by atoms with Gasteiger partial charge in [-0.2, -0.15) is 0 Å². The highest BCUT2D eigenvalue weighted by atomic mass is 16.2. The van der Waals surface area contributed by atoms with E-state index in [0.717, 1.165) is 31.7 Å². The molecule has 110 valence electrons. The Morgan fingerprint density at radius 3 is 2.40 bits per heavy atom. The van der Waals surface area contributed by atoms with Gasteiger partial charge in [-0.15, -0.1) is 0 Å². The zero-order chi connectivity index (χ0) is 14.8. The van der Waals surface area contributed by atoms with Gasteiger partial charge >= 0.3 is 0 Å². The molecule has 1 saturated heterocycles. The molecule has 0 aliphatic carbocycles. The average molecular weight is 274 g/mol. The molecule has 1 amide bonds. The van der Waals surface area contributed by atoms with Crippen molar-refractivity contribution in [3.05, 3.63) is 35.9 Å². The molecule has 1 fully saturated rings. The van der Waals surface area contributed by atoms with Crippen molar-refractivity contribution in [1.82, 2.24) is 9.80 Å². The summed E-state index contributed by atoms with van der Waals surface area (Å²) < 4.78 is 0. The molecule has 0 bridgehead atoms. The maximum absolute atomic E-state index is 12.5. The number of piperazine rings is 1. The normalized spacial score (nSPS) is 19.4. The summed E-state index contributed by atoms with van der Waals surface area (Å²) in [5, 5.41) is 0. The lowest BCUT2D eigenvalue weighted by Crippen LogP contribution is -2.61. The van der Waals surface area contributed by atoms with Gasteiger partial charge in [0, 0.05) is 37.3 Å². The molecule has 3 nitrogen and oxygen atoms in total. The third-order valence-corrected chi connectivity index (χ3v) is 3.97. The quantitative estimate of drug-likeness (QED) is 0.846. The molecule has 0 aromatic heterocycles. The maximum atomic E-state index is 12.5. The Kier molecular flexibility index (Phi) is 4.48. The van der Waals surface area contributed by atoms with E-state index >= 15 is 0 Å². The van der Waals surface area contributed by atoms with Gasteiger partial charge < -0.3 is 4.90 Å². The molecular weight excluding hydrogens is 248 g/mol. The van der Waals surface area contributed by atoms with Crippen LogP contribution in [-0.2, 0) is 0 Å². The topological polar surface area (TPSA) is 23.6 Å². The molecule has 0 atom stereocenters. The van der Waals surface area contributed by atoms with Crippen molar-refractivity contribution in [3.8, 4) is 0 Å². The highest BCUT2D eigenvalue weighted by Crippen LogP contribution is 2.23. The summed E-state index contributed by atoms with van der Waals surface area (Å²) in [5.41, 5.74) is 0.841. The minimum Gasteiger partial charge on any atom is -0.336 e. The Bertz CT molecular complexity index is 453. The van der Waals surface area contributed by atoms with Crippen molar-refractivity contribution in [2.45, 2.75) is 33.2 Å². The van der Waals surface area contributed by atoms with E-state index in [2.05, 4.69) is 32.6 Å². The van der Waals surface area contributed by atoms with Gasteiger partial charge in [-0.1, -0.05) is 32.0 Å². The van der Waals surface area contributed by atoms with Gasteiger partial charge in [-0.3, -0.25) is 9.69 Å². The number of hydrogen-bond donors (Lipinski definition) is 0. The van der Waals surface area contributed by atoms with Crippen molar-refractivity contribution >= 4 is 5.91 Å². The Balaban J connectivity index is 2.06. The Labute approximate surface area is 122 Å². The standard InChI is InChI=1S/C17H26N2O/c1-14(2)12-19-11-10-18(13-17(19,3)4)16(20)15-8-6-5-7-9-15/h5-9,14H,10-13H2,1-4H3. The summed E-state index contributed by atoms with van der Waals surface area (Å²) in [6, 6.07) is 9.59. The van der Waals surface area contributed by atoms with Gasteiger partial charge in [0.25, 0.3) is 5.91 Å². The fourth-order valence-electron chi connectivity index (χ4n) is 2.91. The van der Waals surface area contributed by atoms with Crippen LogP contribution >= 0.6 is 0 Å². The van der Waals surface area contributed by atoms with Crippen LogP contribution in [0.25, 0.3) is 0 Å². The summed E-state index contributed by atoms with van der Waals surface area (Å²) >= 11 is 0. The van der Waals surface area contributed by atoms with E-state index in [9.17, 15) is 4.79 Å². The zero-order valence-electron chi connectivity index (χ0n) is 13.1. The van der Waals surface area contributed by atoms with Crippen LogP contribution in [0.15, 0.2) is 30.3 Å². The van der Waals surface area contributed by atoms with Gasteiger partial charge in [0.1, 0.15) is 0 Å². The molecule has 0 spiro atoms. The first-order chi connectivity index (χ1) is 9.40. The van der Waals surface area contributed by atoms with E-state index in [1.807, 2.05) is 35.2 Å². The van der Waals surface area contributed by atoms with Gasteiger partial charge in [-0.25, -0.2) is 0 Å². The maximum Gasteiger partial charge on any atom is 0.253 e. The van der Waals surface area contributed by atoms with Crippen LogP contribution in [0.4, 0.5) is 0 Å². The third-order valence-electron chi connectivity index (χ3n) is 3.97. The van der Waals surface area contributed by atoms with Crippen molar-refractivity contribution in [3.63, 3.8) is 0 Å². The minimum absolute atomic E-state index is 0.0486. The average Bonchev–Trinajstić information content (AvgIpc) is 2.40. The third kappa shape index (κ3) is 3.40.